The first-order valence-corrected chi connectivity index (χ1v) is 23.1. The van der Waals surface area contributed by atoms with Crippen LogP contribution in [0, 0.1) is 18.2 Å². The van der Waals surface area contributed by atoms with E-state index in [0.717, 1.165) is 80.3 Å². The van der Waals surface area contributed by atoms with Crippen LogP contribution < -0.4 is 15.6 Å². The van der Waals surface area contributed by atoms with Gasteiger partial charge in [0.15, 0.2) is 0 Å². The molecule has 0 bridgehead atoms. The Morgan fingerprint density at radius 2 is 1.59 bits per heavy atom. The summed E-state index contributed by atoms with van der Waals surface area (Å²) >= 11 is 14.6. The Labute approximate surface area is 386 Å². The Balaban J connectivity index is 0.915. The maximum absolute atomic E-state index is 14.8. The van der Waals surface area contributed by atoms with Crippen LogP contribution in [0.25, 0.3) is 11.3 Å². The van der Waals surface area contributed by atoms with Crippen LogP contribution in [0.4, 0.5) is 15.8 Å². The third-order valence-corrected chi connectivity index (χ3v) is 14.9. The van der Waals surface area contributed by atoms with E-state index in [-0.39, 0.29) is 35.8 Å². The quantitative estimate of drug-likeness (QED) is 0.157. The number of aromatic nitrogens is 3. The van der Waals surface area contributed by atoms with E-state index in [1.165, 1.54) is 23.9 Å². The number of anilines is 2. The zero-order valence-corrected chi connectivity index (χ0v) is 38.5. The topological polar surface area (TPSA) is 103 Å². The number of carbonyl (C=O) groups excluding carboxylic acids is 2. The van der Waals surface area contributed by atoms with Crippen molar-refractivity contribution in [2.24, 2.45) is 10.4 Å². The van der Waals surface area contributed by atoms with E-state index in [4.69, 9.17) is 33.2 Å². The number of nitrogens with one attached hydrogen (secondary N) is 2. The van der Waals surface area contributed by atoms with E-state index in [1.54, 1.807) is 36.1 Å². The molecular formula is C49H48Cl2FN9O2S. The fourth-order valence-electron chi connectivity index (χ4n) is 9.58. The van der Waals surface area contributed by atoms with Crippen LogP contribution in [0.3, 0.4) is 0 Å². The summed E-state index contributed by atoms with van der Waals surface area (Å²) in [7, 11) is 3.54. The molecule has 15 heteroatoms. The number of amides is 2. The van der Waals surface area contributed by atoms with Crippen LogP contribution >= 0.6 is 35.0 Å². The Kier molecular flexibility index (Phi) is 10.9. The van der Waals surface area contributed by atoms with Crippen LogP contribution in [-0.2, 0) is 13.1 Å². The second-order valence-electron chi connectivity index (χ2n) is 17.9. The molecule has 2 N–H and O–H groups in total. The molecule has 1 fully saturated rings. The van der Waals surface area contributed by atoms with E-state index in [9.17, 15) is 14.0 Å². The van der Waals surface area contributed by atoms with Crippen molar-refractivity contribution in [2.45, 2.75) is 81.2 Å². The highest BCUT2D eigenvalue weighted by molar-refractivity contribution is 7.99. The minimum absolute atomic E-state index is 0.131. The SMILES string of the molecule is Cc1c2c(c(Sc3ccc(F)cc3)n1Cc1ccc(Cl)cc1)C(=O)N(C)NC(c1cccc(-c3ccc(Cn4cc5c(c4Cl)C(=O)N(C)C4=N[C@@H]6CCC[C@@H]6N45)cc3)n1)C(C)(C)CN2. The lowest BCUT2D eigenvalue weighted by Crippen LogP contribution is -2.50. The number of aliphatic imine (C=N–C) groups is 1. The number of nitrogens with zero attached hydrogens (tertiary/aromatic N) is 7. The lowest BCUT2D eigenvalue weighted by Gasteiger charge is -2.36. The largest absolute Gasteiger partial charge is 0.382 e. The molecule has 10 rings (SSSR count). The lowest BCUT2D eigenvalue weighted by molar-refractivity contribution is 0.0609. The fraction of sp³-hybridized carbons (Fsp3) is 0.306. The number of hydrogen-bond acceptors (Lipinski definition) is 8. The lowest BCUT2D eigenvalue weighted by atomic mass is 9.82. The van der Waals surface area contributed by atoms with Gasteiger partial charge in [-0.2, -0.15) is 0 Å². The maximum atomic E-state index is 14.8. The first-order valence-electron chi connectivity index (χ1n) is 21.5. The third kappa shape index (κ3) is 7.45. The van der Waals surface area contributed by atoms with Gasteiger partial charge in [-0.15, -0.1) is 0 Å². The average Bonchev–Trinajstić information content (AvgIpc) is 4.04. The van der Waals surface area contributed by atoms with E-state index >= 15 is 0 Å². The number of hydrazine groups is 1. The highest BCUT2D eigenvalue weighted by Crippen LogP contribution is 2.45. The summed E-state index contributed by atoms with van der Waals surface area (Å²) in [6.07, 6.45) is 5.21. The Hall–Kier alpha value is -5.60. The first-order chi connectivity index (χ1) is 30.8. The molecule has 1 unspecified atom stereocenters. The molecule has 64 heavy (non-hydrogen) atoms. The van der Waals surface area contributed by atoms with Gasteiger partial charge >= 0.3 is 0 Å². The summed E-state index contributed by atoms with van der Waals surface area (Å²) in [5, 5.41) is 7.11. The van der Waals surface area contributed by atoms with Crippen molar-refractivity contribution in [2.75, 3.05) is 30.9 Å². The molecule has 3 aromatic carbocycles. The standard InChI is InChI=1S/C49H48Cl2FN9O2S/c1-28-42-41(47(64-34-22-20-33(52)21-23-34)60(28)25-30-14-18-32(50)19-15-30)46(63)58(5)56-43(49(2,3)27-53-42)37-10-6-8-35(54-37)31-16-12-29(13-17-31)24-59-26-39-40(44(59)51)45(62)57(4)48-55-36-9-7-11-38(36)61(39)48/h6,8,10,12-23,26,36,38,43,53,56H,7,9,11,24-25,27H2,1-5H3/t36-,38+,43?/m1/s1. The van der Waals surface area contributed by atoms with Crippen molar-refractivity contribution in [3.63, 3.8) is 0 Å². The maximum Gasteiger partial charge on any atom is 0.272 e. The molecule has 0 saturated heterocycles. The summed E-state index contributed by atoms with van der Waals surface area (Å²) in [5.74, 6) is 0.0563. The van der Waals surface area contributed by atoms with Gasteiger partial charge in [0.2, 0.25) is 5.96 Å². The molecule has 0 radical (unpaired) electrons. The monoisotopic (exact) mass is 915 g/mol. The minimum Gasteiger partial charge on any atom is -0.382 e. The normalized spacial score (nSPS) is 20.2. The van der Waals surface area contributed by atoms with Gasteiger partial charge in [0.05, 0.1) is 51.5 Å². The van der Waals surface area contributed by atoms with Crippen LogP contribution in [-0.4, -0.2) is 74.5 Å². The smallest absolute Gasteiger partial charge is 0.272 e. The number of guanidine groups is 1. The predicted molar refractivity (Wildman–Crippen MR) is 252 cm³/mol. The van der Waals surface area contributed by atoms with Crippen LogP contribution in [0.1, 0.15) is 82.4 Å². The van der Waals surface area contributed by atoms with Crippen LogP contribution in [0.5, 0.6) is 0 Å². The zero-order chi connectivity index (χ0) is 44.6. The molecule has 11 nitrogen and oxygen atoms in total. The molecule has 1 saturated carbocycles. The van der Waals surface area contributed by atoms with E-state index in [1.807, 2.05) is 60.2 Å². The molecule has 328 valence electrons. The van der Waals surface area contributed by atoms with Gasteiger partial charge in [-0.05, 0) is 85.8 Å². The number of halogens is 3. The second kappa shape index (κ2) is 16.4. The molecular weight excluding hydrogens is 869 g/mol. The summed E-state index contributed by atoms with van der Waals surface area (Å²) in [4.78, 5) is 43.1. The van der Waals surface area contributed by atoms with Crippen LogP contribution in [0.2, 0.25) is 10.2 Å². The first kappa shape index (κ1) is 42.4. The van der Waals surface area contributed by atoms with E-state index in [2.05, 4.69) is 58.3 Å². The van der Waals surface area contributed by atoms with Gasteiger partial charge in [0.25, 0.3) is 11.8 Å². The number of pyridine rings is 1. The van der Waals surface area contributed by atoms with Gasteiger partial charge in [-0.25, -0.2) is 14.8 Å². The zero-order valence-electron chi connectivity index (χ0n) is 36.2. The molecule has 6 aromatic rings. The number of carbonyl (C=O) groups is 2. The van der Waals surface area contributed by atoms with Gasteiger partial charge in [0.1, 0.15) is 16.5 Å². The predicted octanol–water partition coefficient (Wildman–Crippen LogP) is 10.3. The van der Waals surface area contributed by atoms with Crippen molar-refractivity contribution in [3.05, 3.63) is 147 Å². The van der Waals surface area contributed by atoms with Gasteiger partial charge < -0.3 is 19.4 Å². The third-order valence-electron chi connectivity index (χ3n) is 13.1. The summed E-state index contributed by atoms with van der Waals surface area (Å²) in [5.41, 5.74) is 11.3. The number of fused-ring (bicyclic) bond motifs is 6. The van der Waals surface area contributed by atoms with Crippen molar-refractivity contribution < 1.29 is 14.0 Å². The molecule has 3 aromatic heterocycles. The molecule has 4 aliphatic rings. The Morgan fingerprint density at radius 1 is 0.875 bits per heavy atom. The summed E-state index contributed by atoms with van der Waals surface area (Å²) in [6.45, 7) is 7.87. The van der Waals surface area contributed by atoms with Crippen molar-refractivity contribution in [1.29, 1.82) is 0 Å². The molecule has 1 aliphatic carbocycles. The molecule has 2 amide bonds. The number of benzene rings is 3. The molecule has 0 spiro atoms. The number of rotatable bonds is 8. The Morgan fingerprint density at radius 3 is 2.34 bits per heavy atom. The van der Waals surface area contributed by atoms with Gasteiger partial charge in [-0.3, -0.25) is 24.5 Å². The van der Waals surface area contributed by atoms with E-state index < -0.39 is 5.41 Å². The average molecular weight is 917 g/mol. The van der Waals surface area contributed by atoms with Crippen molar-refractivity contribution in [3.8, 4) is 11.3 Å². The summed E-state index contributed by atoms with van der Waals surface area (Å²) in [6, 6.07) is 28.4. The van der Waals surface area contributed by atoms with Crippen molar-refractivity contribution >= 4 is 64.1 Å². The van der Waals surface area contributed by atoms with Gasteiger partial charge in [0, 0.05) is 66.5 Å². The number of hydrogen-bond donors (Lipinski definition) is 2. The summed E-state index contributed by atoms with van der Waals surface area (Å²) < 4.78 is 18.1. The van der Waals surface area contributed by atoms with E-state index in [0.29, 0.717) is 40.9 Å². The highest BCUT2D eigenvalue weighted by atomic mass is 35.5. The van der Waals surface area contributed by atoms with Gasteiger partial charge in [-0.1, -0.05) is 91.3 Å². The fourth-order valence-corrected chi connectivity index (χ4v) is 11.1. The van der Waals surface area contributed by atoms with Crippen molar-refractivity contribution in [1.82, 2.24) is 29.5 Å². The molecule has 6 heterocycles. The highest BCUT2D eigenvalue weighted by Gasteiger charge is 2.48. The Bertz CT molecular complexity index is 2840. The molecule has 3 aliphatic heterocycles. The minimum atomic E-state index is -0.452. The molecule has 3 atom stereocenters. The second-order valence-corrected chi connectivity index (χ2v) is 19.7. The van der Waals surface area contributed by atoms with Crippen LogP contribution in [0.15, 0.2) is 112 Å².